The van der Waals surface area contributed by atoms with Crippen LogP contribution in [0.5, 0.6) is 0 Å². The van der Waals surface area contributed by atoms with Crippen LogP contribution < -0.4 is 0 Å². The summed E-state index contributed by atoms with van der Waals surface area (Å²) in [6.45, 7) is 1.72. The van der Waals surface area contributed by atoms with Crippen LogP contribution in [0.4, 0.5) is 0 Å². The van der Waals surface area contributed by atoms with E-state index in [2.05, 4.69) is 0 Å². The molecule has 0 atom stereocenters. The zero-order valence-electron chi connectivity index (χ0n) is 10.9. The molecule has 1 aromatic carbocycles. The Kier molecular flexibility index (Phi) is 4.64. The second-order valence-corrected chi connectivity index (χ2v) is 6.25. The Morgan fingerprint density at radius 1 is 1.14 bits per heavy atom. The van der Waals surface area contributed by atoms with Crippen LogP contribution in [0.1, 0.15) is 27.6 Å². The fourth-order valence-electron chi connectivity index (χ4n) is 1.75. The maximum atomic E-state index is 12.6. The van der Waals surface area contributed by atoms with E-state index in [0.717, 1.165) is 23.5 Å². The zero-order chi connectivity index (χ0) is 15.4. The molecule has 6 heteroatoms. The van der Waals surface area contributed by atoms with Gasteiger partial charge in [-0.05, 0) is 6.92 Å². The number of hydrogen-bond acceptors (Lipinski definition) is 6. The molecule has 4 nitrogen and oxygen atoms in total. The minimum atomic E-state index is -0.308. The van der Waals surface area contributed by atoms with Crippen molar-refractivity contribution in [2.45, 2.75) is 6.92 Å². The number of aldehydes is 1. The van der Waals surface area contributed by atoms with Crippen molar-refractivity contribution in [3.63, 3.8) is 0 Å². The lowest BCUT2D eigenvalue weighted by Crippen LogP contribution is -2.08. The van der Waals surface area contributed by atoms with Gasteiger partial charge in [0.1, 0.15) is 21.9 Å². The first-order valence-corrected chi connectivity index (χ1v) is 7.45. The van der Waals surface area contributed by atoms with E-state index in [4.69, 9.17) is 10.5 Å². The van der Waals surface area contributed by atoms with Crippen LogP contribution in [0.3, 0.4) is 0 Å². The molecule has 0 saturated carbocycles. The molecule has 0 unspecified atom stereocenters. The summed E-state index contributed by atoms with van der Waals surface area (Å²) in [5, 5.41) is 18.1. The Morgan fingerprint density at radius 2 is 1.76 bits per heavy atom. The lowest BCUT2D eigenvalue weighted by molar-refractivity contribution is 0.103. The van der Waals surface area contributed by atoms with Gasteiger partial charge in [-0.3, -0.25) is 9.59 Å². The zero-order valence-corrected chi connectivity index (χ0v) is 12.5. The fraction of sp³-hybridized carbons (Fsp3) is 0.0667. The van der Waals surface area contributed by atoms with E-state index in [-0.39, 0.29) is 10.7 Å². The van der Waals surface area contributed by atoms with Gasteiger partial charge in [-0.1, -0.05) is 47.8 Å². The number of benzene rings is 1. The van der Waals surface area contributed by atoms with Crippen molar-refractivity contribution in [3.05, 3.63) is 55.0 Å². The second-order valence-electron chi connectivity index (χ2n) is 4.01. The predicted molar refractivity (Wildman–Crippen MR) is 82.3 cm³/mol. The monoisotopic (exact) mass is 312 g/mol. The Hall–Kier alpha value is -2.28. The van der Waals surface area contributed by atoms with E-state index in [0.29, 0.717) is 32.1 Å². The van der Waals surface area contributed by atoms with Gasteiger partial charge in [0.15, 0.2) is 6.29 Å². The number of thioether (sulfide) groups is 2. The Bertz CT molecular complexity index is 780. The number of rotatable bonds is 3. The average molecular weight is 312 g/mol. The van der Waals surface area contributed by atoms with E-state index < -0.39 is 0 Å². The number of Topliss-reactive ketones (excluding diaryl/α,β-unsaturated/α-hetero) is 1. The molecule has 0 amide bonds. The number of ketones is 1. The highest BCUT2D eigenvalue weighted by Gasteiger charge is 2.26. The number of carbonyl (C=O) groups is 2. The third-order valence-corrected chi connectivity index (χ3v) is 5.19. The molecule has 2 rings (SSSR count). The summed E-state index contributed by atoms with van der Waals surface area (Å²) in [5.74, 6) is -0.308. The molecule has 21 heavy (non-hydrogen) atoms. The summed E-state index contributed by atoms with van der Waals surface area (Å²) in [6, 6.07) is 10.4. The third kappa shape index (κ3) is 2.92. The van der Waals surface area contributed by atoms with Crippen molar-refractivity contribution in [3.8, 4) is 12.1 Å². The van der Waals surface area contributed by atoms with Gasteiger partial charge in [0.25, 0.3) is 0 Å². The van der Waals surface area contributed by atoms with Gasteiger partial charge in [0, 0.05) is 16.0 Å². The standard InChI is InChI=1S/C15H8N2O2S2/c1-9-15(21-13(7-17)12(6-16)20-9)14(19)11-5-3-2-4-10(11)8-18/h2-5,8H,1H3. The quantitative estimate of drug-likeness (QED) is 0.626. The average Bonchev–Trinajstić information content (AvgIpc) is 2.53. The molecule has 0 saturated heterocycles. The topological polar surface area (TPSA) is 81.7 Å². The van der Waals surface area contributed by atoms with Crippen molar-refractivity contribution < 1.29 is 9.59 Å². The number of nitriles is 2. The van der Waals surface area contributed by atoms with E-state index in [9.17, 15) is 9.59 Å². The molecular weight excluding hydrogens is 304 g/mol. The molecule has 0 radical (unpaired) electrons. The van der Waals surface area contributed by atoms with E-state index in [1.165, 1.54) is 0 Å². The molecule has 0 bridgehead atoms. The summed E-state index contributed by atoms with van der Waals surface area (Å²) < 4.78 is 0. The first-order chi connectivity index (χ1) is 10.1. The second kappa shape index (κ2) is 6.45. The highest BCUT2D eigenvalue weighted by atomic mass is 32.2. The molecule has 1 aliphatic rings. The van der Waals surface area contributed by atoms with Crippen LogP contribution in [-0.2, 0) is 0 Å². The number of allylic oxidation sites excluding steroid dienone is 4. The molecule has 0 spiro atoms. The van der Waals surface area contributed by atoms with Crippen LogP contribution in [0, 0.1) is 22.7 Å². The lowest BCUT2D eigenvalue weighted by atomic mass is 10.0. The summed E-state index contributed by atoms with van der Waals surface area (Å²) >= 11 is 2.09. The van der Waals surface area contributed by atoms with Crippen LogP contribution in [0.2, 0.25) is 0 Å². The summed E-state index contributed by atoms with van der Waals surface area (Å²) in [6.07, 6.45) is 0.630. The Balaban J connectivity index is 2.44. The van der Waals surface area contributed by atoms with Crippen molar-refractivity contribution in [2.24, 2.45) is 0 Å². The van der Waals surface area contributed by atoms with Crippen LogP contribution >= 0.6 is 23.5 Å². The third-order valence-electron chi connectivity index (χ3n) is 2.73. The fourth-order valence-corrected chi connectivity index (χ4v) is 3.66. The van der Waals surface area contributed by atoms with Crippen LogP contribution in [0.15, 0.2) is 43.9 Å². The van der Waals surface area contributed by atoms with Gasteiger partial charge in [-0.25, -0.2) is 0 Å². The molecular formula is C15H8N2O2S2. The van der Waals surface area contributed by atoms with Crippen molar-refractivity contribution in [2.75, 3.05) is 0 Å². The van der Waals surface area contributed by atoms with Gasteiger partial charge in [-0.2, -0.15) is 10.5 Å². The molecule has 102 valence electrons. The summed E-state index contributed by atoms with van der Waals surface area (Å²) in [5.41, 5.74) is 0.606. The molecule has 0 fully saturated rings. The number of carbonyl (C=O) groups excluding carboxylic acids is 2. The van der Waals surface area contributed by atoms with Crippen molar-refractivity contribution in [1.82, 2.24) is 0 Å². The minimum absolute atomic E-state index is 0.208. The first kappa shape index (κ1) is 15.1. The number of hydrogen-bond donors (Lipinski definition) is 0. The predicted octanol–water partition coefficient (Wildman–Crippen LogP) is 3.65. The van der Waals surface area contributed by atoms with Crippen molar-refractivity contribution >= 4 is 35.6 Å². The van der Waals surface area contributed by atoms with Gasteiger partial charge in [0.2, 0.25) is 5.78 Å². The van der Waals surface area contributed by atoms with Gasteiger partial charge < -0.3 is 0 Å². The van der Waals surface area contributed by atoms with E-state index in [1.54, 1.807) is 31.2 Å². The number of nitrogens with zero attached hydrogens (tertiary/aromatic N) is 2. The SMILES string of the molecule is CC1=C(C(=O)c2ccccc2C=O)SC(C#N)=C(C#N)S1. The van der Waals surface area contributed by atoms with Gasteiger partial charge in [-0.15, -0.1) is 0 Å². The van der Waals surface area contributed by atoms with Gasteiger partial charge >= 0.3 is 0 Å². The van der Waals surface area contributed by atoms with E-state index in [1.807, 2.05) is 12.1 Å². The highest BCUT2D eigenvalue weighted by molar-refractivity contribution is 8.14. The Labute approximate surface area is 130 Å². The highest BCUT2D eigenvalue weighted by Crippen LogP contribution is 2.45. The molecule has 1 heterocycles. The molecule has 1 aromatic rings. The Morgan fingerprint density at radius 3 is 2.38 bits per heavy atom. The first-order valence-electron chi connectivity index (χ1n) is 5.82. The molecule has 0 aromatic heterocycles. The largest absolute Gasteiger partial charge is 0.298 e. The normalized spacial score (nSPS) is 14.4. The van der Waals surface area contributed by atoms with Crippen molar-refractivity contribution in [1.29, 1.82) is 10.5 Å². The van der Waals surface area contributed by atoms with Crippen LogP contribution in [-0.4, -0.2) is 12.1 Å². The van der Waals surface area contributed by atoms with E-state index >= 15 is 0 Å². The molecule has 0 aliphatic carbocycles. The minimum Gasteiger partial charge on any atom is -0.298 e. The van der Waals surface area contributed by atoms with Gasteiger partial charge in [0.05, 0.1) is 4.91 Å². The summed E-state index contributed by atoms with van der Waals surface area (Å²) in [4.78, 5) is 25.1. The molecule has 0 N–H and O–H groups in total. The maximum absolute atomic E-state index is 12.6. The van der Waals surface area contributed by atoms with Crippen LogP contribution in [0.25, 0.3) is 0 Å². The molecule has 1 aliphatic heterocycles. The summed E-state index contributed by atoms with van der Waals surface area (Å²) in [7, 11) is 0. The maximum Gasteiger partial charge on any atom is 0.201 e. The smallest absolute Gasteiger partial charge is 0.201 e. The lowest BCUT2D eigenvalue weighted by Gasteiger charge is -2.16.